The summed E-state index contributed by atoms with van der Waals surface area (Å²) in [6.07, 6.45) is 1.91. The predicted octanol–water partition coefficient (Wildman–Crippen LogP) is 2.56. The Balaban J connectivity index is 1.73. The molecule has 0 saturated heterocycles. The summed E-state index contributed by atoms with van der Waals surface area (Å²) >= 11 is 1.24. The van der Waals surface area contributed by atoms with Crippen LogP contribution in [-0.2, 0) is 4.79 Å². The third-order valence-electron chi connectivity index (χ3n) is 4.71. The maximum Gasteiger partial charge on any atom is 0.343 e. The lowest BCUT2D eigenvalue weighted by molar-refractivity contribution is -0.118. The molecule has 1 amide bonds. The zero-order valence-electron chi connectivity index (χ0n) is 15.5. The lowest BCUT2D eigenvalue weighted by Gasteiger charge is -2.19. The van der Waals surface area contributed by atoms with Crippen molar-refractivity contribution in [1.29, 1.82) is 0 Å². The highest BCUT2D eigenvalue weighted by Crippen LogP contribution is 2.40. The Morgan fingerprint density at radius 2 is 2.23 bits per heavy atom. The van der Waals surface area contributed by atoms with Crippen LogP contribution in [0, 0.1) is 5.82 Å². The highest BCUT2D eigenvalue weighted by atomic mass is 32.1. The molecule has 0 fully saturated rings. The van der Waals surface area contributed by atoms with E-state index in [1.54, 1.807) is 12.1 Å². The Kier molecular flexibility index (Phi) is 5.46. The number of benzene rings is 1. The monoisotopic (exact) mass is 433 g/mol. The molecular weight excluding hydrogens is 416 g/mol. The molecule has 4 rings (SSSR count). The first-order valence-electron chi connectivity index (χ1n) is 8.96. The van der Waals surface area contributed by atoms with Crippen molar-refractivity contribution in [2.45, 2.75) is 12.5 Å². The molecule has 0 saturated carbocycles. The van der Waals surface area contributed by atoms with Gasteiger partial charge in [-0.1, -0.05) is 0 Å². The number of ether oxygens (including phenoxy) is 1. The predicted molar refractivity (Wildman–Crippen MR) is 108 cm³/mol. The third-order valence-corrected chi connectivity index (χ3v) is 5.93. The molecule has 1 aliphatic heterocycles. The van der Waals surface area contributed by atoms with Crippen LogP contribution in [0.3, 0.4) is 0 Å². The fourth-order valence-electron chi connectivity index (χ4n) is 3.20. The molecule has 0 radical (unpaired) electrons. The lowest BCUT2D eigenvalue weighted by Crippen LogP contribution is -2.25. The molecule has 2 aromatic heterocycles. The summed E-state index contributed by atoms with van der Waals surface area (Å²) < 4.78 is 34.4. The van der Waals surface area contributed by atoms with Gasteiger partial charge in [-0.15, -0.1) is 11.3 Å². The summed E-state index contributed by atoms with van der Waals surface area (Å²) in [5, 5.41) is 8.70. The molecule has 8 nitrogen and oxygen atoms in total. The van der Waals surface area contributed by atoms with E-state index >= 15 is 0 Å². The van der Waals surface area contributed by atoms with Gasteiger partial charge >= 0.3 is 5.69 Å². The number of halogens is 2. The van der Waals surface area contributed by atoms with Crippen LogP contribution in [0.4, 0.5) is 14.5 Å². The van der Waals surface area contributed by atoms with Crippen molar-refractivity contribution >= 4 is 22.9 Å². The van der Waals surface area contributed by atoms with Gasteiger partial charge in [0.15, 0.2) is 6.61 Å². The first-order valence-corrected chi connectivity index (χ1v) is 9.77. The van der Waals surface area contributed by atoms with Crippen molar-refractivity contribution in [3.63, 3.8) is 0 Å². The van der Waals surface area contributed by atoms with Gasteiger partial charge in [-0.25, -0.2) is 18.7 Å². The second kappa shape index (κ2) is 8.20. The van der Waals surface area contributed by atoms with E-state index in [-0.39, 0.29) is 36.8 Å². The van der Waals surface area contributed by atoms with Gasteiger partial charge in [0, 0.05) is 27.9 Å². The molecule has 156 valence electrons. The average molecular weight is 433 g/mol. The smallest absolute Gasteiger partial charge is 0.343 e. The Morgan fingerprint density at radius 3 is 2.93 bits per heavy atom. The maximum atomic E-state index is 14.7. The summed E-state index contributed by atoms with van der Waals surface area (Å²) in [7, 11) is 0. The number of nitrogens with two attached hydrogens (primary N) is 1. The number of carbonyl (C=O) groups excluding carboxylic acids is 1. The lowest BCUT2D eigenvalue weighted by atomic mass is 10.1. The molecule has 30 heavy (non-hydrogen) atoms. The number of aromatic nitrogens is 3. The molecule has 0 bridgehead atoms. The number of nitrogens with one attached hydrogen (secondary N) is 2. The van der Waals surface area contributed by atoms with Gasteiger partial charge < -0.3 is 15.8 Å². The molecule has 1 unspecified atom stereocenters. The highest BCUT2D eigenvalue weighted by molar-refractivity contribution is 7.15. The van der Waals surface area contributed by atoms with Crippen molar-refractivity contribution in [3.8, 4) is 16.2 Å². The fraction of sp³-hybridized carbons (Fsp3) is 0.211. The van der Waals surface area contributed by atoms with Gasteiger partial charge in [-0.3, -0.25) is 9.36 Å². The summed E-state index contributed by atoms with van der Waals surface area (Å²) in [6.45, 7) is -0.168. The minimum Gasteiger partial charge on any atom is -0.481 e. The minimum atomic E-state index is -0.565. The zero-order valence-corrected chi connectivity index (χ0v) is 16.3. The Labute approximate surface area is 173 Å². The maximum absolute atomic E-state index is 14.7. The largest absolute Gasteiger partial charge is 0.481 e. The van der Waals surface area contributed by atoms with E-state index in [1.165, 1.54) is 34.4 Å². The SMILES string of the molecule is NC/C(=C/F)CC(c1ccc(-c2cc3c(cc2F)OCC(=O)N3)s1)n1cn[nH]c1=O. The van der Waals surface area contributed by atoms with Crippen molar-refractivity contribution in [1.82, 2.24) is 14.8 Å². The Morgan fingerprint density at radius 1 is 1.40 bits per heavy atom. The van der Waals surface area contributed by atoms with E-state index in [0.717, 1.165) is 0 Å². The Bertz CT molecular complexity index is 1180. The van der Waals surface area contributed by atoms with Crippen LogP contribution in [0.15, 0.2) is 47.3 Å². The van der Waals surface area contributed by atoms with Gasteiger partial charge in [-0.05, 0) is 30.2 Å². The molecule has 11 heteroatoms. The van der Waals surface area contributed by atoms with Gasteiger partial charge in [0.25, 0.3) is 5.91 Å². The van der Waals surface area contributed by atoms with E-state index in [2.05, 4.69) is 15.5 Å². The molecule has 1 atom stereocenters. The van der Waals surface area contributed by atoms with Gasteiger partial charge in [0.2, 0.25) is 0 Å². The van der Waals surface area contributed by atoms with Crippen LogP contribution >= 0.6 is 11.3 Å². The van der Waals surface area contributed by atoms with E-state index in [0.29, 0.717) is 27.3 Å². The van der Waals surface area contributed by atoms with Crippen LogP contribution in [0.25, 0.3) is 10.4 Å². The fourth-order valence-corrected chi connectivity index (χ4v) is 4.33. The molecule has 0 spiro atoms. The quantitative estimate of drug-likeness (QED) is 0.553. The van der Waals surface area contributed by atoms with Crippen LogP contribution in [-0.4, -0.2) is 33.8 Å². The summed E-state index contributed by atoms with van der Waals surface area (Å²) in [6, 6.07) is 5.60. The normalized spacial score (nSPS) is 14.8. The molecular formula is C19H17F2N5O3S. The molecule has 3 heterocycles. The highest BCUT2D eigenvalue weighted by Gasteiger charge is 2.23. The van der Waals surface area contributed by atoms with Crippen LogP contribution < -0.4 is 21.5 Å². The number of anilines is 1. The van der Waals surface area contributed by atoms with E-state index < -0.39 is 17.5 Å². The second-order valence-corrected chi connectivity index (χ2v) is 7.74. The first kappa shape index (κ1) is 20.0. The van der Waals surface area contributed by atoms with Crippen LogP contribution in [0.2, 0.25) is 0 Å². The molecule has 4 N–H and O–H groups in total. The molecule has 1 aromatic carbocycles. The van der Waals surface area contributed by atoms with Crippen molar-refractivity contribution in [2.75, 3.05) is 18.5 Å². The van der Waals surface area contributed by atoms with Crippen molar-refractivity contribution < 1.29 is 18.3 Å². The summed E-state index contributed by atoms with van der Waals surface area (Å²) in [5.74, 6) is -0.573. The number of aromatic amines is 1. The van der Waals surface area contributed by atoms with Crippen LogP contribution in [0.5, 0.6) is 5.75 Å². The number of thiophene rings is 1. The number of rotatable bonds is 6. The number of hydrogen-bond acceptors (Lipinski definition) is 6. The minimum absolute atomic E-state index is 0.00299. The number of nitrogens with zero attached hydrogens (tertiary/aromatic N) is 2. The Hall–Kier alpha value is -3.31. The average Bonchev–Trinajstić information content (AvgIpc) is 3.38. The molecule has 0 aliphatic carbocycles. The third kappa shape index (κ3) is 3.76. The topological polar surface area (TPSA) is 115 Å². The summed E-state index contributed by atoms with van der Waals surface area (Å²) in [5.41, 5.74) is 6.10. The van der Waals surface area contributed by atoms with E-state index in [9.17, 15) is 18.4 Å². The number of hydrogen-bond donors (Lipinski definition) is 3. The zero-order chi connectivity index (χ0) is 21.3. The number of H-pyrrole nitrogens is 1. The number of amides is 1. The second-order valence-electron chi connectivity index (χ2n) is 6.63. The molecule has 3 aromatic rings. The summed E-state index contributed by atoms with van der Waals surface area (Å²) in [4.78, 5) is 24.9. The molecule has 1 aliphatic rings. The van der Waals surface area contributed by atoms with Gasteiger partial charge in [0.1, 0.15) is 17.9 Å². The van der Waals surface area contributed by atoms with Gasteiger partial charge in [0.05, 0.1) is 18.1 Å². The van der Waals surface area contributed by atoms with Crippen LogP contribution in [0.1, 0.15) is 17.3 Å². The van der Waals surface area contributed by atoms with Crippen molar-refractivity contribution in [3.05, 3.63) is 63.7 Å². The number of fused-ring (bicyclic) bond motifs is 1. The first-order chi connectivity index (χ1) is 14.5. The van der Waals surface area contributed by atoms with E-state index in [1.807, 2.05) is 0 Å². The standard InChI is InChI=1S/C19H17F2N5O3S/c20-6-10(7-22)3-14(26-9-23-25-19(26)28)17-2-1-16(30-17)11-4-13-15(5-12(11)21)29-8-18(27)24-13/h1-2,4-6,9,14H,3,7-8,22H2,(H,24,27)(H,25,28)/b10-6+. The van der Waals surface area contributed by atoms with Gasteiger partial charge in [-0.2, -0.15) is 5.10 Å². The number of carbonyl (C=O) groups is 1. The van der Waals surface area contributed by atoms with Crippen molar-refractivity contribution in [2.24, 2.45) is 5.73 Å². The van der Waals surface area contributed by atoms with E-state index in [4.69, 9.17) is 10.5 Å².